The van der Waals surface area contributed by atoms with Gasteiger partial charge < -0.3 is 14.8 Å². The smallest absolute Gasteiger partial charge is 0.199 e. The summed E-state index contributed by atoms with van der Waals surface area (Å²) in [6, 6.07) is 21.8. The zero-order chi connectivity index (χ0) is 24.1. The van der Waals surface area contributed by atoms with E-state index in [2.05, 4.69) is 54.5 Å². The number of aromatic nitrogens is 1. The molecule has 0 radical (unpaired) electrons. The predicted molar refractivity (Wildman–Crippen MR) is 141 cm³/mol. The van der Waals surface area contributed by atoms with E-state index in [0.717, 1.165) is 27.4 Å². The van der Waals surface area contributed by atoms with Gasteiger partial charge in [0.15, 0.2) is 5.06 Å². The molecule has 0 aliphatic rings. The van der Waals surface area contributed by atoms with Gasteiger partial charge in [-0.2, -0.15) is 5.26 Å². The molecule has 1 N–H and O–H groups in total. The summed E-state index contributed by atoms with van der Waals surface area (Å²) < 4.78 is 11.2. The first kappa shape index (κ1) is 23.4. The first-order valence-electron chi connectivity index (χ1n) is 10.7. The van der Waals surface area contributed by atoms with Gasteiger partial charge in [0.05, 0.1) is 18.2 Å². The number of benzene rings is 2. The van der Waals surface area contributed by atoms with Crippen LogP contribution in [0.1, 0.15) is 35.8 Å². The lowest BCUT2D eigenvalue weighted by Gasteiger charge is -2.09. The number of thiophene rings is 1. The Morgan fingerprint density at radius 2 is 1.74 bits per heavy atom. The molecule has 2 aromatic heterocycles. The second-order valence-electron chi connectivity index (χ2n) is 7.89. The maximum Gasteiger partial charge on any atom is 0.199 e. The van der Waals surface area contributed by atoms with Crippen LogP contribution in [0.4, 0.5) is 5.69 Å². The van der Waals surface area contributed by atoms with Gasteiger partial charge in [-0.1, -0.05) is 61.7 Å². The summed E-state index contributed by atoms with van der Waals surface area (Å²) in [7, 11) is 1.62. The van der Waals surface area contributed by atoms with Gasteiger partial charge in [0.25, 0.3) is 0 Å². The van der Waals surface area contributed by atoms with Crippen molar-refractivity contribution in [1.82, 2.24) is 4.98 Å². The average molecular weight is 486 g/mol. The van der Waals surface area contributed by atoms with Gasteiger partial charge in [0, 0.05) is 17.4 Å². The Morgan fingerprint density at radius 3 is 2.38 bits per heavy atom. The van der Waals surface area contributed by atoms with Crippen LogP contribution >= 0.6 is 23.6 Å². The lowest BCUT2D eigenvalue weighted by Crippen LogP contribution is -2.08. The van der Waals surface area contributed by atoms with E-state index in [1.165, 1.54) is 16.9 Å². The van der Waals surface area contributed by atoms with Crippen LogP contribution in [0, 0.1) is 11.3 Å². The monoisotopic (exact) mass is 485 g/mol. The van der Waals surface area contributed by atoms with Crippen LogP contribution in [0.3, 0.4) is 0 Å². The number of ether oxygens (including phenoxy) is 2. The summed E-state index contributed by atoms with van der Waals surface area (Å²) in [4.78, 5) is 5.58. The summed E-state index contributed by atoms with van der Waals surface area (Å²) in [5.74, 6) is 1.80. The molecular formula is C27H23N3O2S2. The van der Waals surface area contributed by atoms with Crippen molar-refractivity contribution in [1.29, 1.82) is 5.26 Å². The van der Waals surface area contributed by atoms with Crippen molar-refractivity contribution in [3.63, 3.8) is 0 Å². The Morgan fingerprint density at radius 1 is 1.00 bits per heavy atom. The Bertz CT molecular complexity index is 1340. The van der Waals surface area contributed by atoms with Crippen molar-refractivity contribution in [3.05, 3.63) is 89.1 Å². The normalized spacial score (nSPS) is 10.6. The maximum absolute atomic E-state index is 9.63. The molecule has 2 aromatic carbocycles. The maximum atomic E-state index is 9.63. The fourth-order valence-electron chi connectivity index (χ4n) is 3.31. The number of nitrogens with zero attached hydrogens (tertiary/aromatic N) is 2. The summed E-state index contributed by atoms with van der Waals surface area (Å²) in [5, 5.41) is 13.3. The Labute approximate surface area is 208 Å². The van der Waals surface area contributed by atoms with Gasteiger partial charge in [-0.15, -0.1) is 0 Å². The summed E-state index contributed by atoms with van der Waals surface area (Å²) in [6.07, 6.45) is 3.44. The van der Waals surface area contributed by atoms with E-state index in [4.69, 9.17) is 21.7 Å². The van der Waals surface area contributed by atoms with E-state index in [-0.39, 0.29) is 0 Å². The molecule has 0 aliphatic heterocycles. The van der Waals surface area contributed by atoms with Crippen LogP contribution in [0.15, 0.2) is 73.1 Å². The molecule has 0 fully saturated rings. The highest BCUT2D eigenvalue weighted by molar-refractivity contribution is 7.81. The largest absolute Gasteiger partial charge is 0.497 e. The second-order valence-corrected chi connectivity index (χ2v) is 9.32. The van der Waals surface area contributed by atoms with Gasteiger partial charge in [0.1, 0.15) is 28.1 Å². The molecule has 0 saturated heterocycles. The van der Waals surface area contributed by atoms with Crippen molar-refractivity contribution in [3.8, 4) is 33.8 Å². The van der Waals surface area contributed by atoms with Crippen molar-refractivity contribution in [2.45, 2.75) is 19.8 Å². The van der Waals surface area contributed by atoms with Crippen LogP contribution in [0.25, 0.3) is 11.1 Å². The SMILES string of the molecule is COc1ccc(NC(=S)c2cc(C#N)c(Oc3cncc(-c4ccc(C(C)C)cc4)c3)s2)cc1. The zero-order valence-electron chi connectivity index (χ0n) is 19.0. The highest BCUT2D eigenvalue weighted by Gasteiger charge is 2.15. The average Bonchev–Trinajstić information content (AvgIpc) is 3.27. The summed E-state index contributed by atoms with van der Waals surface area (Å²) in [5.41, 5.74) is 4.54. The number of hydrogen-bond donors (Lipinski definition) is 1. The van der Waals surface area contributed by atoms with Crippen molar-refractivity contribution < 1.29 is 9.47 Å². The predicted octanol–water partition coefficient (Wildman–Crippen LogP) is 7.39. The molecule has 0 amide bonds. The first-order valence-corrected chi connectivity index (χ1v) is 11.9. The Kier molecular flexibility index (Phi) is 7.21. The van der Waals surface area contributed by atoms with E-state index >= 15 is 0 Å². The number of methoxy groups -OCH3 is 1. The van der Waals surface area contributed by atoms with Crippen LogP contribution in [0.5, 0.6) is 16.6 Å². The Balaban J connectivity index is 1.52. The molecule has 2 heterocycles. The van der Waals surface area contributed by atoms with Gasteiger partial charge in [-0.25, -0.2) is 0 Å². The third kappa shape index (κ3) is 5.42. The Hall–Kier alpha value is -3.73. The number of anilines is 1. The molecule has 170 valence electrons. The molecule has 0 unspecified atom stereocenters. The van der Waals surface area contributed by atoms with Gasteiger partial charge in [0.2, 0.25) is 0 Å². The second kappa shape index (κ2) is 10.5. The van der Waals surface area contributed by atoms with E-state index in [9.17, 15) is 5.26 Å². The number of rotatable bonds is 7. The first-order chi connectivity index (χ1) is 16.5. The fraction of sp³-hybridized carbons (Fsp3) is 0.148. The highest BCUT2D eigenvalue weighted by atomic mass is 32.1. The summed E-state index contributed by atoms with van der Waals surface area (Å²) in [6.45, 7) is 4.34. The quantitative estimate of drug-likeness (QED) is 0.275. The lowest BCUT2D eigenvalue weighted by molar-refractivity contribution is 0.415. The topological polar surface area (TPSA) is 67.2 Å². The van der Waals surface area contributed by atoms with Crippen molar-refractivity contribution in [2.75, 3.05) is 12.4 Å². The number of nitriles is 1. The molecule has 34 heavy (non-hydrogen) atoms. The molecule has 4 aromatic rings. The minimum atomic E-state index is 0.422. The molecule has 7 heteroatoms. The van der Waals surface area contributed by atoms with Crippen LogP contribution < -0.4 is 14.8 Å². The fourth-order valence-corrected chi connectivity index (χ4v) is 4.48. The number of thiocarbonyl (C=S) groups is 1. The van der Waals surface area contributed by atoms with E-state index < -0.39 is 0 Å². The molecular weight excluding hydrogens is 462 g/mol. The van der Waals surface area contributed by atoms with Gasteiger partial charge >= 0.3 is 0 Å². The minimum Gasteiger partial charge on any atom is -0.497 e. The standard InChI is InChI=1S/C27H23N3O2S2/c1-17(2)18-4-6-19(7-5-18)21-12-24(16-29-15-21)32-27-20(14-28)13-25(34-27)26(33)30-22-8-10-23(31-3)11-9-22/h4-13,15-17H,1-3H3,(H,30,33). The van der Waals surface area contributed by atoms with E-state index in [0.29, 0.717) is 27.3 Å². The summed E-state index contributed by atoms with van der Waals surface area (Å²) >= 11 is 6.87. The molecule has 0 bridgehead atoms. The molecule has 0 saturated carbocycles. The van der Waals surface area contributed by atoms with Gasteiger partial charge in [-0.05, 0) is 53.4 Å². The molecule has 0 spiro atoms. The molecule has 5 nitrogen and oxygen atoms in total. The minimum absolute atomic E-state index is 0.422. The third-order valence-corrected chi connectivity index (χ3v) is 6.71. The van der Waals surface area contributed by atoms with Gasteiger partial charge in [-0.3, -0.25) is 4.98 Å². The van der Waals surface area contributed by atoms with E-state index in [1.807, 2.05) is 30.3 Å². The lowest BCUT2D eigenvalue weighted by atomic mass is 9.99. The van der Waals surface area contributed by atoms with Crippen molar-refractivity contribution in [2.24, 2.45) is 0 Å². The molecule has 0 atom stereocenters. The number of nitrogens with one attached hydrogen (secondary N) is 1. The van der Waals surface area contributed by atoms with Crippen LogP contribution in [-0.2, 0) is 0 Å². The van der Waals surface area contributed by atoms with Crippen LogP contribution in [-0.4, -0.2) is 17.1 Å². The van der Waals surface area contributed by atoms with E-state index in [1.54, 1.807) is 25.6 Å². The van der Waals surface area contributed by atoms with Crippen LogP contribution in [0.2, 0.25) is 0 Å². The highest BCUT2D eigenvalue weighted by Crippen LogP contribution is 2.36. The zero-order valence-corrected chi connectivity index (χ0v) is 20.7. The molecule has 0 aliphatic carbocycles. The van der Waals surface area contributed by atoms with Crippen molar-refractivity contribution >= 4 is 34.2 Å². The molecule has 4 rings (SSSR count). The number of pyridine rings is 1. The number of hydrogen-bond acceptors (Lipinski definition) is 6. The third-order valence-electron chi connectivity index (χ3n) is 5.22.